The number of nitrogens with zero attached hydrogens (tertiary/aromatic N) is 3. The standard InChI is InChI=1S/C24H34FN3O4/c1-26(11-8-14-27-12-6-3-7-13-27)21(29)17-24(19-9-4-5-10-20(19)25)18-22(30)28(23(24)31)15-16-32-2/h4-5,9-10H,3,6-8,11-18H2,1-2H3. The quantitative estimate of drug-likeness (QED) is 0.515. The maximum atomic E-state index is 14.8. The Bertz CT molecular complexity index is 827. The van der Waals surface area contributed by atoms with Crippen LogP contribution >= 0.6 is 0 Å². The van der Waals surface area contributed by atoms with E-state index in [9.17, 15) is 18.8 Å². The van der Waals surface area contributed by atoms with Crippen LogP contribution in [0.15, 0.2) is 24.3 Å². The molecule has 0 aliphatic carbocycles. The van der Waals surface area contributed by atoms with Crippen LogP contribution in [0.3, 0.4) is 0 Å². The molecule has 0 saturated carbocycles. The highest BCUT2D eigenvalue weighted by atomic mass is 19.1. The van der Waals surface area contributed by atoms with Crippen LogP contribution in [0.25, 0.3) is 0 Å². The molecular formula is C24H34FN3O4. The summed E-state index contributed by atoms with van der Waals surface area (Å²) < 4.78 is 19.8. The molecule has 3 rings (SSSR count). The van der Waals surface area contributed by atoms with Gasteiger partial charge in [-0.15, -0.1) is 0 Å². The Morgan fingerprint density at radius 1 is 1.16 bits per heavy atom. The van der Waals surface area contributed by atoms with E-state index in [1.54, 1.807) is 18.0 Å². The van der Waals surface area contributed by atoms with E-state index in [1.165, 1.54) is 44.6 Å². The van der Waals surface area contributed by atoms with Gasteiger partial charge < -0.3 is 14.5 Å². The van der Waals surface area contributed by atoms with Crippen molar-refractivity contribution in [3.63, 3.8) is 0 Å². The first-order valence-electron chi connectivity index (χ1n) is 11.4. The Kier molecular flexibility index (Phi) is 8.37. The molecule has 2 aliphatic heterocycles. The number of imide groups is 1. The monoisotopic (exact) mass is 447 g/mol. The van der Waals surface area contributed by atoms with Gasteiger partial charge in [-0.3, -0.25) is 19.3 Å². The number of rotatable bonds is 10. The van der Waals surface area contributed by atoms with E-state index in [0.29, 0.717) is 6.54 Å². The second-order valence-corrected chi connectivity index (χ2v) is 8.83. The van der Waals surface area contributed by atoms with E-state index in [4.69, 9.17) is 4.74 Å². The van der Waals surface area contributed by atoms with Gasteiger partial charge in [0.1, 0.15) is 5.82 Å². The van der Waals surface area contributed by atoms with Gasteiger partial charge in [0, 0.05) is 39.1 Å². The molecule has 32 heavy (non-hydrogen) atoms. The first-order valence-corrected chi connectivity index (χ1v) is 11.4. The van der Waals surface area contributed by atoms with Crippen molar-refractivity contribution in [1.29, 1.82) is 0 Å². The van der Waals surface area contributed by atoms with Gasteiger partial charge in [0.25, 0.3) is 0 Å². The molecule has 2 aliphatic rings. The van der Waals surface area contributed by atoms with Crippen molar-refractivity contribution in [1.82, 2.24) is 14.7 Å². The van der Waals surface area contributed by atoms with Gasteiger partial charge in [0.2, 0.25) is 17.7 Å². The van der Waals surface area contributed by atoms with Gasteiger partial charge in [0.05, 0.1) is 18.6 Å². The Hall–Kier alpha value is -2.32. The highest BCUT2D eigenvalue weighted by Crippen LogP contribution is 2.41. The summed E-state index contributed by atoms with van der Waals surface area (Å²) in [5.74, 6) is -1.78. The van der Waals surface area contributed by atoms with Crippen molar-refractivity contribution < 1.29 is 23.5 Å². The summed E-state index contributed by atoms with van der Waals surface area (Å²) in [5, 5.41) is 0. The Morgan fingerprint density at radius 3 is 2.56 bits per heavy atom. The predicted octanol–water partition coefficient (Wildman–Crippen LogP) is 2.19. The lowest BCUT2D eigenvalue weighted by Crippen LogP contribution is -2.44. The van der Waals surface area contributed by atoms with Gasteiger partial charge in [-0.05, 0) is 45.0 Å². The van der Waals surface area contributed by atoms with E-state index in [1.807, 2.05) is 0 Å². The fraction of sp³-hybridized carbons (Fsp3) is 0.625. The molecule has 1 aromatic carbocycles. The lowest BCUT2D eigenvalue weighted by Gasteiger charge is -2.30. The average Bonchev–Trinajstić information content (AvgIpc) is 3.02. The van der Waals surface area contributed by atoms with Crippen molar-refractivity contribution in [2.24, 2.45) is 0 Å². The SMILES string of the molecule is COCCN1C(=O)CC(CC(=O)N(C)CCCN2CCCCC2)(c2ccccc2F)C1=O. The van der Waals surface area contributed by atoms with Crippen LogP contribution in [0, 0.1) is 5.82 Å². The lowest BCUT2D eigenvalue weighted by molar-refractivity contribution is -0.143. The normalized spacial score (nSPS) is 21.9. The van der Waals surface area contributed by atoms with Gasteiger partial charge in [-0.1, -0.05) is 24.6 Å². The van der Waals surface area contributed by atoms with Crippen molar-refractivity contribution in [2.75, 3.05) is 53.5 Å². The van der Waals surface area contributed by atoms with E-state index in [-0.39, 0.29) is 37.5 Å². The second kappa shape index (κ2) is 11.0. The number of ether oxygens (including phenoxy) is 1. The molecule has 3 amide bonds. The first-order chi connectivity index (χ1) is 15.4. The van der Waals surface area contributed by atoms with Gasteiger partial charge in [-0.2, -0.15) is 0 Å². The van der Waals surface area contributed by atoms with Crippen LogP contribution in [0.4, 0.5) is 4.39 Å². The molecule has 2 heterocycles. The van der Waals surface area contributed by atoms with E-state index >= 15 is 0 Å². The smallest absolute Gasteiger partial charge is 0.241 e. The minimum Gasteiger partial charge on any atom is -0.383 e. The summed E-state index contributed by atoms with van der Waals surface area (Å²) in [6.07, 6.45) is 4.10. The minimum absolute atomic E-state index is 0.0875. The Balaban J connectivity index is 1.73. The van der Waals surface area contributed by atoms with Crippen LogP contribution in [0.5, 0.6) is 0 Å². The summed E-state index contributed by atoms with van der Waals surface area (Å²) >= 11 is 0. The average molecular weight is 448 g/mol. The summed E-state index contributed by atoms with van der Waals surface area (Å²) in [4.78, 5) is 44.3. The number of amides is 3. The third kappa shape index (κ3) is 5.35. The third-order valence-corrected chi connectivity index (χ3v) is 6.61. The molecule has 0 aromatic heterocycles. The Labute approximate surface area is 189 Å². The van der Waals surface area contributed by atoms with Gasteiger partial charge >= 0.3 is 0 Å². The van der Waals surface area contributed by atoms with E-state index in [2.05, 4.69) is 4.90 Å². The summed E-state index contributed by atoms with van der Waals surface area (Å²) in [7, 11) is 3.19. The zero-order valence-corrected chi connectivity index (χ0v) is 19.1. The number of carbonyl (C=O) groups is 3. The van der Waals surface area contributed by atoms with Crippen molar-refractivity contribution in [3.05, 3.63) is 35.6 Å². The van der Waals surface area contributed by atoms with Crippen LogP contribution in [0.1, 0.15) is 44.1 Å². The molecule has 2 saturated heterocycles. The molecule has 0 N–H and O–H groups in total. The van der Waals surface area contributed by atoms with Crippen LogP contribution in [-0.4, -0.2) is 85.9 Å². The van der Waals surface area contributed by atoms with E-state index < -0.39 is 23.0 Å². The molecular weight excluding hydrogens is 413 g/mol. The highest BCUT2D eigenvalue weighted by Gasteiger charge is 2.54. The molecule has 2 fully saturated rings. The molecule has 0 radical (unpaired) electrons. The largest absolute Gasteiger partial charge is 0.383 e. The van der Waals surface area contributed by atoms with E-state index in [0.717, 1.165) is 31.0 Å². The molecule has 8 heteroatoms. The molecule has 0 spiro atoms. The maximum absolute atomic E-state index is 14.8. The molecule has 1 aromatic rings. The van der Waals surface area contributed by atoms with Crippen molar-refractivity contribution in [3.8, 4) is 0 Å². The molecule has 176 valence electrons. The zero-order valence-electron chi connectivity index (χ0n) is 19.1. The molecule has 1 unspecified atom stereocenters. The fourth-order valence-electron chi connectivity index (χ4n) is 4.74. The molecule has 1 atom stereocenters. The topological polar surface area (TPSA) is 70.2 Å². The minimum atomic E-state index is -1.52. The highest BCUT2D eigenvalue weighted by molar-refractivity contribution is 6.10. The fourth-order valence-corrected chi connectivity index (χ4v) is 4.74. The number of methoxy groups -OCH3 is 1. The number of halogens is 1. The lowest BCUT2D eigenvalue weighted by atomic mass is 9.75. The molecule has 7 nitrogen and oxygen atoms in total. The van der Waals surface area contributed by atoms with Crippen LogP contribution < -0.4 is 0 Å². The van der Waals surface area contributed by atoms with Crippen LogP contribution in [0.2, 0.25) is 0 Å². The number of hydrogen-bond acceptors (Lipinski definition) is 5. The van der Waals surface area contributed by atoms with Crippen LogP contribution in [-0.2, 0) is 24.5 Å². The third-order valence-electron chi connectivity index (χ3n) is 6.61. The number of piperidine rings is 1. The zero-order chi connectivity index (χ0) is 23.1. The summed E-state index contributed by atoms with van der Waals surface area (Å²) in [6, 6.07) is 5.93. The number of carbonyl (C=O) groups excluding carboxylic acids is 3. The van der Waals surface area contributed by atoms with Crippen molar-refractivity contribution in [2.45, 2.75) is 43.9 Å². The number of benzene rings is 1. The molecule has 0 bridgehead atoms. The Morgan fingerprint density at radius 2 is 1.88 bits per heavy atom. The first kappa shape index (κ1) is 24.3. The van der Waals surface area contributed by atoms with Gasteiger partial charge in [0.15, 0.2) is 0 Å². The predicted molar refractivity (Wildman–Crippen MR) is 118 cm³/mol. The number of hydrogen-bond donors (Lipinski definition) is 0. The summed E-state index contributed by atoms with van der Waals surface area (Å²) in [5.41, 5.74) is -1.41. The maximum Gasteiger partial charge on any atom is 0.241 e. The number of likely N-dealkylation sites (tertiary alicyclic amines) is 2. The van der Waals surface area contributed by atoms with Crippen molar-refractivity contribution >= 4 is 17.7 Å². The van der Waals surface area contributed by atoms with Gasteiger partial charge in [-0.25, -0.2) is 4.39 Å². The second-order valence-electron chi connectivity index (χ2n) is 8.83. The summed E-state index contributed by atoms with van der Waals surface area (Å²) in [6.45, 7) is 3.96.